The van der Waals surface area contributed by atoms with Crippen LogP contribution in [-0.4, -0.2) is 55.5 Å². The van der Waals surface area contributed by atoms with Gasteiger partial charge in [-0.1, -0.05) is 54.1 Å². The van der Waals surface area contributed by atoms with Gasteiger partial charge in [0.15, 0.2) is 5.96 Å². The molecule has 0 radical (unpaired) electrons. The molecule has 1 aliphatic rings. The molecule has 1 heterocycles. The largest absolute Gasteiger partial charge is 0.357 e. The van der Waals surface area contributed by atoms with Gasteiger partial charge in [0.1, 0.15) is 0 Å². The average molecular weight is 394 g/mol. The zero-order chi connectivity index (χ0) is 20.5. The van der Waals surface area contributed by atoms with Crippen LogP contribution in [0.15, 0.2) is 53.5 Å². The van der Waals surface area contributed by atoms with Crippen LogP contribution < -0.4 is 10.6 Å². The van der Waals surface area contributed by atoms with E-state index in [1.165, 1.54) is 22.3 Å². The van der Waals surface area contributed by atoms with E-state index in [2.05, 4.69) is 89.9 Å². The molecule has 1 fully saturated rings. The van der Waals surface area contributed by atoms with E-state index < -0.39 is 0 Å². The van der Waals surface area contributed by atoms with Gasteiger partial charge in [-0.05, 0) is 37.6 Å². The number of likely N-dealkylation sites (N-methyl/N-ethyl adjacent to an activating group) is 1. The van der Waals surface area contributed by atoms with Gasteiger partial charge in [-0.2, -0.15) is 0 Å². The molecule has 1 aliphatic heterocycles. The van der Waals surface area contributed by atoms with Crippen LogP contribution in [0.3, 0.4) is 0 Å². The molecule has 156 valence electrons. The maximum atomic E-state index is 4.75. The van der Waals surface area contributed by atoms with E-state index in [1.807, 2.05) is 0 Å². The van der Waals surface area contributed by atoms with Crippen molar-refractivity contribution in [2.24, 2.45) is 4.99 Å². The quantitative estimate of drug-likeness (QED) is 0.561. The molecule has 0 aromatic heterocycles. The molecular formula is C24H35N5. The normalized spacial score (nSPS) is 16.0. The summed E-state index contributed by atoms with van der Waals surface area (Å²) in [5, 5.41) is 6.76. The maximum Gasteiger partial charge on any atom is 0.191 e. The predicted molar refractivity (Wildman–Crippen MR) is 122 cm³/mol. The van der Waals surface area contributed by atoms with Crippen molar-refractivity contribution in [3.8, 4) is 0 Å². The van der Waals surface area contributed by atoms with Crippen LogP contribution in [0.5, 0.6) is 0 Å². The van der Waals surface area contributed by atoms with Gasteiger partial charge < -0.3 is 15.5 Å². The first-order valence-electron chi connectivity index (χ1n) is 10.7. The Morgan fingerprint density at radius 1 is 0.862 bits per heavy atom. The lowest BCUT2D eigenvalue weighted by atomic mass is 10.1. The monoisotopic (exact) mass is 393 g/mol. The van der Waals surface area contributed by atoms with Crippen molar-refractivity contribution in [3.63, 3.8) is 0 Å². The van der Waals surface area contributed by atoms with Crippen molar-refractivity contribution in [3.05, 3.63) is 70.8 Å². The standard InChI is InChI=1S/C24H35N5/c1-4-25-24(26-17-21-7-5-20(2)6-8-21)27-18-22-9-11-23(12-10-22)19-29-15-13-28(3)14-16-29/h5-12H,4,13-19H2,1-3H3,(H2,25,26,27). The number of aliphatic imine (C=N–C) groups is 1. The van der Waals surface area contributed by atoms with E-state index >= 15 is 0 Å². The highest BCUT2D eigenvalue weighted by Crippen LogP contribution is 2.10. The van der Waals surface area contributed by atoms with Crippen LogP contribution in [0.4, 0.5) is 0 Å². The SMILES string of the molecule is CCNC(=NCc1ccc(CN2CCN(C)CC2)cc1)NCc1ccc(C)cc1. The summed E-state index contributed by atoms with van der Waals surface area (Å²) in [7, 11) is 2.20. The average Bonchev–Trinajstić information content (AvgIpc) is 2.74. The number of piperazine rings is 1. The number of nitrogens with zero attached hydrogens (tertiary/aromatic N) is 3. The minimum Gasteiger partial charge on any atom is -0.357 e. The van der Waals surface area contributed by atoms with Crippen molar-refractivity contribution in [1.82, 2.24) is 20.4 Å². The molecule has 5 heteroatoms. The van der Waals surface area contributed by atoms with Gasteiger partial charge in [0.25, 0.3) is 0 Å². The molecule has 2 aromatic rings. The number of hydrogen-bond donors (Lipinski definition) is 2. The van der Waals surface area contributed by atoms with Crippen molar-refractivity contribution >= 4 is 5.96 Å². The lowest BCUT2D eigenvalue weighted by Gasteiger charge is -2.32. The zero-order valence-corrected chi connectivity index (χ0v) is 18.1. The Balaban J connectivity index is 1.51. The van der Waals surface area contributed by atoms with Crippen molar-refractivity contribution in [1.29, 1.82) is 0 Å². The van der Waals surface area contributed by atoms with Gasteiger partial charge in [0.05, 0.1) is 6.54 Å². The molecule has 2 N–H and O–H groups in total. The van der Waals surface area contributed by atoms with Gasteiger partial charge in [0.2, 0.25) is 0 Å². The summed E-state index contributed by atoms with van der Waals surface area (Å²) >= 11 is 0. The molecule has 0 amide bonds. The number of rotatable bonds is 7. The molecule has 0 atom stereocenters. The van der Waals surface area contributed by atoms with E-state index in [-0.39, 0.29) is 0 Å². The van der Waals surface area contributed by atoms with Gasteiger partial charge in [-0.25, -0.2) is 4.99 Å². The van der Waals surface area contributed by atoms with Gasteiger partial charge in [-0.3, -0.25) is 4.90 Å². The van der Waals surface area contributed by atoms with Gasteiger partial charge in [-0.15, -0.1) is 0 Å². The minimum absolute atomic E-state index is 0.679. The summed E-state index contributed by atoms with van der Waals surface area (Å²) < 4.78 is 0. The first kappa shape index (κ1) is 21.3. The Morgan fingerprint density at radius 2 is 1.48 bits per heavy atom. The van der Waals surface area contributed by atoms with E-state index in [0.717, 1.165) is 51.8 Å². The zero-order valence-electron chi connectivity index (χ0n) is 18.1. The molecule has 0 saturated carbocycles. The summed E-state index contributed by atoms with van der Waals surface area (Å²) in [4.78, 5) is 9.68. The van der Waals surface area contributed by atoms with E-state index in [4.69, 9.17) is 4.99 Å². The molecule has 0 unspecified atom stereocenters. The number of hydrogen-bond acceptors (Lipinski definition) is 3. The second kappa shape index (κ2) is 11.0. The molecule has 2 aromatic carbocycles. The Bertz CT molecular complexity index is 759. The predicted octanol–water partition coefficient (Wildman–Crippen LogP) is 3.00. The van der Waals surface area contributed by atoms with Crippen LogP contribution in [0.1, 0.15) is 29.2 Å². The molecular weight excluding hydrogens is 358 g/mol. The summed E-state index contributed by atoms with van der Waals surface area (Å²) in [6, 6.07) is 17.5. The number of aryl methyl sites for hydroxylation is 1. The Kier molecular flexibility index (Phi) is 8.08. The molecule has 0 spiro atoms. The molecule has 1 saturated heterocycles. The smallest absolute Gasteiger partial charge is 0.191 e. The molecule has 0 bridgehead atoms. The first-order chi connectivity index (χ1) is 14.1. The highest BCUT2D eigenvalue weighted by molar-refractivity contribution is 5.79. The highest BCUT2D eigenvalue weighted by Gasteiger charge is 2.13. The fraction of sp³-hybridized carbons (Fsp3) is 0.458. The second-order valence-corrected chi connectivity index (χ2v) is 7.93. The van der Waals surface area contributed by atoms with Crippen LogP contribution in [0.25, 0.3) is 0 Å². The van der Waals surface area contributed by atoms with Crippen molar-refractivity contribution in [2.75, 3.05) is 39.8 Å². The summed E-state index contributed by atoms with van der Waals surface area (Å²) in [5.74, 6) is 0.856. The van der Waals surface area contributed by atoms with Crippen LogP contribution in [-0.2, 0) is 19.6 Å². The third-order valence-electron chi connectivity index (χ3n) is 5.37. The van der Waals surface area contributed by atoms with Crippen LogP contribution in [0.2, 0.25) is 0 Å². The maximum absolute atomic E-state index is 4.75. The van der Waals surface area contributed by atoms with Gasteiger partial charge >= 0.3 is 0 Å². The molecule has 0 aliphatic carbocycles. The Hall–Kier alpha value is -2.37. The Morgan fingerprint density at radius 3 is 2.14 bits per heavy atom. The number of benzene rings is 2. The topological polar surface area (TPSA) is 42.9 Å². The Labute approximate surface area is 175 Å². The second-order valence-electron chi connectivity index (χ2n) is 7.93. The number of guanidine groups is 1. The van der Waals surface area contributed by atoms with E-state index in [0.29, 0.717) is 6.54 Å². The van der Waals surface area contributed by atoms with Crippen molar-refractivity contribution in [2.45, 2.75) is 33.5 Å². The third kappa shape index (κ3) is 7.18. The highest BCUT2D eigenvalue weighted by atomic mass is 15.2. The summed E-state index contributed by atoms with van der Waals surface area (Å²) in [6.45, 7) is 12.2. The third-order valence-corrected chi connectivity index (χ3v) is 5.37. The molecule has 5 nitrogen and oxygen atoms in total. The molecule has 29 heavy (non-hydrogen) atoms. The summed E-state index contributed by atoms with van der Waals surface area (Å²) in [5.41, 5.74) is 5.16. The van der Waals surface area contributed by atoms with Gasteiger partial charge in [0, 0.05) is 45.8 Å². The first-order valence-corrected chi connectivity index (χ1v) is 10.7. The molecule has 3 rings (SSSR count). The minimum atomic E-state index is 0.679. The fourth-order valence-corrected chi connectivity index (χ4v) is 3.42. The number of nitrogens with one attached hydrogen (secondary N) is 2. The lowest BCUT2D eigenvalue weighted by Crippen LogP contribution is -2.43. The van der Waals surface area contributed by atoms with Crippen molar-refractivity contribution < 1.29 is 0 Å². The summed E-state index contributed by atoms with van der Waals surface area (Å²) in [6.07, 6.45) is 0. The van der Waals surface area contributed by atoms with E-state index in [9.17, 15) is 0 Å². The lowest BCUT2D eigenvalue weighted by molar-refractivity contribution is 0.148. The van der Waals surface area contributed by atoms with Crippen LogP contribution >= 0.6 is 0 Å². The fourth-order valence-electron chi connectivity index (χ4n) is 3.42. The van der Waals surface area contributed by atoms with Crippen LogP contribution in [0, 0.1) is 6.92 Å². The van der Waals surface area contributed by atoms with E-state index in [1.54, 1.807) is 0 Å².